The molecule has 0 fully saturated rings. The van der Waals surface area contributed by atoms with Crippen LogP contribution in [0.2, 0.25) is 5.02 Å². The molecule has 0 amide bonds. The monoisotopic (exact) mass is 242 g/mol. The Bertz CT molecular complexity index is 327. The van der Waals surface area contributed by atoms with Crippen LogP contribution in [0, 0.1) is 0 Å². The Labute approximate surface area is 102 Å². The number of aromatic nitrogens is 1. The van der Waals surface area contributed by atoms with Crippen molar-refractivity contribution in [3.63, 3.8) is 0 Å². The molecule has 1 aromatic heterocycles. The van der Waals surface area contributed by atoms with Crippen molar-refractivity contribution in [2.24, 2.45) is 5.73 Å². The lowest BCUT2D eigenvalue weighted by molar-refractivity contribution is 0.0696. The summed E-state index contributed by atoms with van der Waals surface area (Å²) in [5, 5.41) is 0.637. The van der Waals surface area contributed by atoms with Gasteiger partial charge in [0.15, 0.2) is 0 Å². The van der Waals surface area contributed by atoms with Gasteiger partial charge in [0.05, 0.1) is 18.2 Å². The van der Waals surface area contributed by atoms with E-state index in [-0.39, 0.29) is 5.54 Å². The van der Waals surface area contributed by atoms with Crippen molar-refractivity contribution >= 4 is 11.6 Å². The maximum absolute atomic E-state index is 6.13. The number of hydrogen-bond acceptors (Lipinski definition) is 3. The minimum absolute atomic E-state index is 0.223. The Morgan fingerprint density at radius 3 is 2.69 bits per heavy atom. The van der Waals surface area contributed by atoms with Gasteiger partial charge in [-0.2, -0.15) is 0 Å². The van der Waals surface area contributed by atoms with Crippen molar-refractivity contribution in [1.82, 2.24) is 4.98 Å². The van der Waals surface area contributed by atoms with E-state index in [9.17, 15) is 0 Å². The van der Waals surface area contributed by atoms with E-state index in [0.717, 1.165) is 18.4 Å². The van der Waals surface area contributed by atoms with E-state index in [1.165, 1.54) is 0 Å². The molecule has 16 heavy (non-hydrogen) atoms. The maximum Gasteiger partial charge on any atom is 0.0733 e. The molecular formula is C12H19ClN2O. The average molecular weight is 243 g/mol. The molecular weight excluding hydrogens is 224 g/mol. The molecule has 3 nitrogen and oxygen atoms in total. The first-order valence-corrected chi connectivity index (χ1v) is 5.94. The standard InChI is InChI=1S/C12H19ClN2O/c1-3-12(14,4-2)9-16-8-10-5-6-15-7-11(10)13/h5-7H,3-4,8-9,14H2,1-2H3. The SMILES string of the molecule is CCC(N)(CC)COCc1ccncc1Cl. The van der Waals surface area contributed by atoms with Gasteiger partial charge in [-0.15, -0.1) is 0 Å². The van der Waals surface area contributed by atoms with E-state index in [4.69, 9.17) is 22.1 Å². The van der Waals surface area contributed by atoms with Crippen molar-refractivity contribution in [2.75, 3.05) is 6.61 Å². The molecule has 0 radical (unpaired) electrons. The fourth-order valence-electron chi connectivity index (χ4n) is 1.34. The maximum atomic E-state index is 6.13. The number of hydrogen-bond donors (Lipinski definition) is 1. The van der Waals surface area contributed by atoms with Gasteiger partial charge < -0.3 is 10.5 Å². The molecule has 1 heterocycles. The Balaban J connectivity index is 2.44. The van der Waals surface area contributed by atoms with Crippen LogP contribution < -0.4 is 5.73 Å². The van der Waals surface area contributed by atoms with Gasteiger partial charge in [0.1, 0.15) is 0 Å². The summed E-state index contributed by atoms with van der Waals surface area (Å²) in [5.74, 6) is 0. The quantitative estimate of drug-likeness (QED) is 0.835. The van der Waals surface area contributed by atoms with E-state index < -0.39 is 0 Å². The number of nitrogens with two attached hydrogens (primary N) is 1. The molecule has 90 valence electrons. The lowest BCUT2D eigenvalue weighted by Crippen LogP contribution is -2.43. The van der Waals surface area contributed by atoms with Gasteiger partial charge in [-0.1, -0.05) is 25.4 Å². The molecule has 0 aromatic carbocycles. The van der Waals surface area contributed by atoms with Gasteiger partial charge in [0, 0.05) is 17.9 Å². The minimum atomic E-state index is -0.223. The Morgan fingerprint density at radius 2 is 2.12 bits per heavy atom. The zero-order valence-corrected chi connectivity index (χ0v) is 10.6. The molecule has 0 bridgehead atoms. The van der Waals surface area contributed by atoms with Crippen LogP contribution >= 0.6 is 11.6 Å². The van der Waals surface area contributed by atoms with Gasteiger partial charge >= 0.3 is 0 Å². The highest BCUT2D eigenvalue weighted by molar-refractivity contribution is 6.31. The molecule has 2 N–H and O–H groups in total. The number of rotatable bonds is 6. The summed E-state index contributed by atoms with van der Waals surface area (Å²) in [6.45, 7) is 5.19. The van der Waals surface area contributed by atoms with Gasteiger partial charge in [-0.25, -0.2) is 0 Å². The lowest BCUT2D eigenvalue weighted by Gasteiger charge is -2.26. The van der Waals surface area contributed by atoms with Crippen LogP contribution in [-0.2, 0) is 11.3 Å². The average Bonchev–Trinajstić information content (AvgIpc) is 2.31. The molecule has 1 rings (SSSR count). The Hall–Kier alpha value is -0.640. The van der Waals surface area contributed by atoms with E-state index in [1.54, 1.807) is 12.4 Å². The Kier molecular flexibility index (Phi) is 5.19. The third kappa shape index (κ3) is 3.74. The zero-order chi connectivity index (χ0) is 12.0. The summed E-state index contributed by atoms with van der Waals surface area (Å²) in [4.78, 5) is 3.92. The molecule has 0 saturated carbocycles. The first-order valence-electron chi connectivity index (χ1n) is 5.56. The minimum Gasteiger partial charge on any atom is -0.375 e. The summed E-state index contributed by atoms with van der Waals surface area (Å²) in [5.41, 5.74) is 6.86. The zero-order valence-electron chi connectivity index (χ0n) is 9.87. The van der Waals surface area contributed by atoms with E-state index in [1.807, 2.05) is 6.07 Å². The van der Waals surface area contributed by atoms with Crippen molar-refractivity contribution in [2.45, 2.75) is 38.8 Å². The van der Waals surface area contributed by atoms with Crippen molar-refractivity contribution in [3.8, 4) is 0 Å². The topological polar surface area (TPSA) is 48.1 Å². The second-order valence-corrected chi connectivity index (χ2v) is 4.44. The first-order chi connectivity index (χ1) is 7.61. The number of nitrogens with zero attached hydrogens (tertiary/aromatic N) is 1. The van der Waals surface area contributed by atoms with Crippen LogP contribution in [0.4, 0.5) is 0 Å². The first kappa shape index (κ1) is 13.4. The highest BCUT2D eigenvalue weighted by Crippen LogP contribution is 2.16. The second-order valence-electron chi connectivity index (χ2n) is 4.03. The van der Waals surface area contributed by atoms with Gasteiger partial charge in [-0.3, -0.25) is 4.98 Å². The van der Waals surface area contributed by atoms with Crippen LogP contribution in [0.5, 0.6) is 0 Å². The Morgan fingerprint density at radius 1 is 1.44 bits per heavy atom. The summed E-state index contributed by atoms with van der Waals surface area (Å²) in [7, 11) is 0. The number of pyridine rings is 1. The van der Waals surface area contributed by atoms with E-state index in [2.05, 4.69) is 18.8 Å². The fraction of sp³-hybridized carbons (Fsp3) is 0.583. The summed E-state index contributed by atoms with van der Waals surface area (Å²) in [6.07, 6.45) is 5.15. The van der Waals surface area contributed by atoms with Crippen LogP contribution in [0.15, 0.2) is 18.5 Å². The van der Waals surface area contributed by atoms with Crippen molar-refractivity contribution < 1.29 is 4.74 Å². The highest BCUT2D eigenvalue weighted by atomic mass is 35.5. The second kappa shape index (κ2) is 6.18. The molecule has 0 atom stereocenters. The summed E-state index contributed by atoms with van der Waals surface area (Å²) < 4.78 is 5.61. The highest BCUT2D eigenvalue weighted by Gasteiger charge is 2.20. The predicted molar refractivity (Wildman–Crippen MR) is 66.4 cm³/mol. The van der Waals surface area contributed by atoms with Crippen LogP contribution in [0.1, 0.15) is 32.3 Å². The molecule has 0 unspecified atom stereocenters. The van der Waals surface area contributed by atoms with Crippen LogP contribution in [-0.4, -0.2) is 17.1 Å². The largest absolute Gasteiger partial charge is 0.375 e. The third-order valence-corrected chi connectivity index (χ3v) is 3.25. The molecule has 0 saturated heterocycles. The smallest absolute Gasteiger partial charge is 0.0733 e. The van der Waals surface area contributed by atoms with Crippen molar-refractivity contribution in [3.05, 3.63) is 29.0 Å². The molecule has 0 spiro atoms. The molecule has 0 aliphatic heterocycles. The normalized spacial score (nSPS) is 11.8. The van der Waals surface area contributed by atoms with Gasteiger partial charge in [0.2, 0.25) is 0 Å². The predicted octanol–water partition coefficient (Wildman–Crippen LogP) is 2.77. The van der Waals surface area contributed by atoms with Gasteiger partial charge in [-0.05, 0) is 24.5 Å². The lowest BCUT2D eigenvalue weighted by atomic mass is 9.96. The third-order valence-electron chi connectivity index (χ3n) is 2.91. The van der Waals surface area contributed by atoms with Crippen LogP contribution in [0.25, 0.3) is 0 Å². The number of ether oxygens (including phenoxy) is 1. The molecule has 4 heteroatoms. The molecule has 0 aliphatic rings. The summed E-state index contributed by atoms with van der Waals surface area (Å²) >= 11 is 5.97. The van der Waals surface area contributed by atoms with Gasteiger partial charge in [0.25, 0.3) is 0 Å². The molecule has 0 aliphatic carbocycles. The molecule has 1 aromatic rings. The number of halogens is 1. The van der Waals surface area contributed by atoms with Crippen LogP contribution in [0.3, 0.4) is 0 Å². The van der Waals surface area contributed by atoms with E-state index >= 15 is 0 Å². The van der Waals surface area contributed by atoms with Crippen molar-refractivity contribution in [1.29, 1.82) is 0 Å². The van der Waals surface area contributed by atoms with E-state index in [0.29, 0.717) is 18.2 Å². The summed E-state index contributed by atoms with van der Waals surface area (Å²) in [6, 6.07) is 1.86. The fourth-order valence-corrected chi connectivity index (χ4v) is 1.51.